The SMILES string of the molecule is CCCC(N)CC(=O)N(Cc1ccco1)CC(F)(F)F. The van der Waals surface area contributed by atoms with Gasteiger partial charge < -0.3 is 15.1 Å². The highest BCUT2D eigenvalue weighted by atomic mass is 19.4. The lowest BCUT2D eigenvalue weighted by Gasteiger charge is -2.24. The summed E-state index contributed by atoms with van der Waals surface area (Å²) in [5.74, 6) is -0.300. The number of hydrogen-bond acceptors (Lipinski definition) is 3. The number of amides is 1. The number of carbonyl (C=O) groups excluding carboxylic acids is 1. The van der Waals surface area contributed by atoms with E-state index >= 15 is 0 Å². The molecule has 0 aromatic carbocycles. The molecule has 0 bridgehead atoms. The van der Waals surface area contributed by atoms with Crippen LogP contribution in [-0.4, -0.2) is 29.6 Å². The minimum Gasteiger partial charge on any atom is -0.467 e. The smallest absolute Gasteiger partial charge is 0.406 e. The minimum absolute atomic E-state index is 0.0926. The Morgan fingerprint density at radius 2 is 2.20 bits per heavy atom. The van der Waals surface area contributed by atoms with E-state index in [1.165, 1.54) is 12.3 Å². The monoisotopic (exact) mass is 292 g/mol. The van der Waals surface area contributed by atoms with Crippen LogP contribution < -0.4 is 5.73 Å². The van der Waals surface area contributed by atoms with Gasteiger partial charge in [-0.15, -0.1) is 0 Å². The van der Waals surface area contributed by atoms with E-state index in [2.05, 4.69) is 0 Å². The van der Waals surface area contributed by atoms with Gasteiger partial charge in [-0.1, -0.05) is 13.3 Å². The largest absolute Gasteiger partial charge is 0.467 e. The Bertz CT molecular complexity index is 404. The fraction of sp³-hybridized carbons (Fsp3) is 0.615. The van der Waals surface area contributed by atoms with Gasteiger partial charge in [0.15, 0.2) is 0 Å². The zero-order valence-electron chi connectivity index (χ0n) is 11.3. The summed E-state index contributed by atoms with van der Waals surface area (Å²) in [6, 6.07) is 2.68. The highest BCUT2D eigenvalue weighted by Gasteiger charge is 2.33. The van der Waals surface area contributed by atoms with Crippen LogP contribution in [0, 0.1) is 0 Å². The van der Waals surface area contributed by atoms with E-state index in [9.17, 15) is 18.0 Å². The number of rotatable bonds is 7. The molecule has 0 aliphatic heterocycles. The highest BCUT2D eigenvalue weighted by molar-refractivity contribution is 5.76. The standard InChI is InChI=1S/C13H19F3N2O2/c1-2-4-10(17)7-12(19)18(9-13(14,15)16)8-11-5-3-6-20-11/h3,5-6,10H,2,4,7-9,17H2,1H3. The van der Waals surface area contributed by atoms with Crippen LogP contribution in [0.1, 0.15) is 31.9 Å². The predicted octanol–water partition coefficient (Wildman–Crippen LogP) is 2.69. The molecule has 0 aliphatic carbocycles. The lowest BCUT2D eigenvalue weighted by molar-refractivity contribution is -0.163. The van der Waals surface area contributed by atoms with E-state index < -0.39 is 24.7 Å². The molecule has 2 N–H and O–H groups in total. The highest BCUT2D eigenvalue weighted by Crippen LogP contribution is 2.19. The average Bonchev–Trinajstić information content (AvgIpc) is 2.79. The van der Waals surface area contributed by atoms with Gasteiger partial charge in [-0.2, -0.15) is 13.2 Å². The zero-order valence-corrected chi connectivity index (χ0v) is 11.3. The van der Waals surface area contributed by atoms with Crippen molar-refractivity contribution < 1.29 is 22.4 Å². The van der Waals surface area contributed by atoms with Crippen molar-refractivity contribution in [3.63, 3.8) is 0 Å². The van der Waals surface area contributed by atoms with Crippen LogP contribution in [0.5, 0.6) is 0 Å². The molecule has 1 heterocycles. The molecule has 0 spiro atoms. The molecule has 1 rings (SSSR count). The molecule has 0 radical (unpaired) electrons. The van der Waals surface area contributed by atoms with E-state index in [1.54, 1.807) is 6.07 Å². The summed E-state index contributed by atoms with van der Waals surface area (Å²) in [7, 11) is 0. The molecule has 1 unspecified atom stereocenters. The van der Waals surface area contributed by atoms with Crippen molar-refractivity contribution >= 4 is 5.91 Å². The summed E-state index contributed by atoms with van der Waals surface area (Å²) in [5.41, 5.74) is 5.71. The van der Waals surface area contributed by atoms with Gasteiger partial charge >= 0.3 is 6.18 Å². The number of nitrogens with zero attached hydrogens (tertiary/aromatic N) is 1. The van der Waals surface area contributed by atoms with Gasteiger partial charge in [-0.05, 0) is 18.6 Å². The Kier molecular flexibility index (Phi) is 6.06. The molecular weight excluding hydrogens is 273 g/mol. The molecule has 1 aromatic rings. The van der Waals surface area contributed by atoms with Crippen LogP contribution in [0.25, 0.3) is 0 Å². The van der Waals surface area contributed by atoms with Gasteiger partial charge in [-0.3, -0.25) is 4.79 Å². The van der Waals surface area contributed by atoms with Gasteiger partial charge in [0, 0.05) is 12.5 Å². The first-order valence-corrected chi connectivity index (χ1v) is 6.44. The molecule has 20 heavy (non-hydrogen) atoms. The Hall–Kier alpha value is -1.50. The van der Waals surface area contributed by atoms with E-state index in [0.717, 1.165) is 11.3 Å². The fourth-order valence-corrected chi connectivity index (χ4v) is 1.87. The lowest BCUT2D eigenvalue weighted by atomic mass is 10.1. The second-order valence-electron chi connectivity index (χ2n) is 4.70. The number of furan rings is 1. The van der Waals surface area contributed by atoms with Crippen LogP contribution in [0.15, 0.2) is 22.8 Å². The maximum atomic E-state index is 12.5. The number of halogens is 3. The first-order valence-electron chi connectivity index (χ1n) is 6.44. The van der Waals surface area contributed by atoms with Crippen LogP contribution in [0.4, 0.5) is 13.2 Å². The van der Waals surface area contributed by atoms with Crippen molar-refractivity contribution in [3.8, 4) is 0 Å². The second kappa shape index (κ2) is 7.33. The molecule has 0 fully saturated rings. The Balaban J connectivity index is 2.68. The Labute approximate surface area is 115 Å². The summed E-state index contributed by atoms with van der Waals surface area (Å²) >= 11 is 0. The quantitative estimate of drug-likeness (QED) is 0.840. The Morgan fingerprint density at radius 1 is 1.50 bits per heavy atom. The average molecular weight is 292 g/mol. The third-order valence-electron chi connectivity index (χ3n) is 2.75. The van der Waals surface area contributed by atoms with E-state index in [4.69, 9.17) is 10.2 Å². The number of nitrogens with two attached hydrogens (primary N) is 1. The lowest BCUT2D eigenvalue weighted by Crippen LogP contribution is -2.41. The maximum Gasteiger partial charge on any atom is 0.406 e. The molecule has 0 saturated heterocycles. The zero-order chi connectivity index (χ0) is 15.2. The first kappa shape index (κ1) is 16.6. The third-order valence-corrected chi connectivity index (χ3v) is 2.75. The Morgan fingerprint density at radius 3 is 2.70 bits per heavy atom. The molecule has 0 saturated carbocycles. The molecule has 4 nitrogen and oxygen atoms in total. The molecule has 7 heteroatoms. The summed E-state index contributed by atoms with van der Waals surface area (Å²) in [4.78, 5) is 12.7. The molecule has 1 amide bonds. The topological polar surface area (TPSA) is 59.5 Å². The second-order valence-corrected chi connectivity index (χ2v) is 4.70. The van der Waals surface area contributed by atoms with Crippen LogP contribution in [0.2, 0.25) is 0 Å². The van der Waals surface area contributed by atoms with Crippen molar-refractivity contribution in [1.82, 2.24) is 4.90 Å². The van der Waals surface area contributed by atoms with Crippen molar-refractivity contribution in [2.75, 3.05) is 6.54 Å². The fourth-order valence-electron chi connectivity index (χ4n) is 1.87. The first-order chi connectivity index (χ1) is 9.31. The summed E-state index contributed by atoms with van der Waals surface area (Å²) in [6.45, 7) is 0.399. The van der Waals surface area contributed by atoms with E-state index in [1.807, 2.05) is 6.92 Å². The normalized spacial score (nSPS) is 13.2. The summed E-state index contributed by atoms with van der Waals surface area (Å²) in [5, 5.41) is 0. The number of carbonyl (C=O) groups is 1. The van der Waals surface area contributed by atoms with Gasteiger partial charge in [0.2, 0.25) is 5.91 Å². The summed E-state index contributed by atoms with van der Waals surface area (Å²) < 4.78 is 42.6. The molecular formula is C13H19F3N2O2. The molecule has 1 aromatic heterocycles. The minimum atomic E-state index is -4.45. The van der Waals surface area contributed by atoms with Gasteiger partial charge in [0.25, 0.3) is 0 Å². The van der Waals surface area contributed by atoms with E-state index in [-0.39, 0.29) is 13.0 Å². The number of hydrogen-bond donors (Lipinski definition) is 1. The third kappa shape index (κ3) is 6.10. The van der Waals surface area contributed by atoms with Crippen LogP contribution in [-0.2, 0) is 11.3 Å². The van der Waals surface area contributed by atoms with Crippen molar-refractivity contribution in [3.05, 3.63) is 24.2 Å². The number of alkyl halides is 3. The van der Waals surface area contributed by atoms with Crippen molar-refractivity contribution in [1.29, 1.82) is 0 Å². The predicted molar refractivity (Wildman–Crippen MR) is 67.7 cm³/mol. The van der Waals surface area contributed by atoms with Gasteiger partial charge in [-0.25, -0.2) is 0 Å². The van der Waals surface area contributed by atoms with Gasteiger partial charge in [0.1, 0.15) is 12.3 Å². The molecule has 1 atom stereocenters. The van der Waals surface area contributed by atoms with Gasteiger partial charge in [0.05, 0.1) is 12.8 Å². The summed E-state index contributed by atoms with van der Waals surface area (Å²) in [6.07, 6.45) is -1.80. The maximum absolute atomic E-state index is 12.5. The van der Waals surface area contributed by atoms with Crippen molar-refractivity contribution in [2.45, 2.75) is 44.9 Å². The molecule has 0 aliphatic rings. The van der Waals surface area contributed by atoms with Crippen LogP contribution >= 0.6 is 0 Å². The van der Waals surface area contributed by atoms with Crippen LogP contribution in [0.3, 0.4) is 0 Å². The van der Waals surface area contributed by atoms with E-state index in [0.29, 0.717) is 12.2 Å². The molecule has 114 valence electrons. The van der Waals surface area contributed by atoms with Crippen molar-refractivity contribution in [2.24, 2.45) is 5.73 Å².